The molecule has 0 saturated carbocycles. The first-order valence-corrected chi connectivity index (χ1v) is 13.2. The van der Waals surface area contributed by atoms with Gasteiger partial charge in [-0.25, -0.2) is 0 Å². The Morgan fingerprint density at radius 3 is 2.97 bits per heavy atom. The van der Waals surface area contributed by atoms with Crippen LogP contribution >= 0.6 is 34.4 Å². The first-order valence-electron chi connectivity index (χ1n) is 10.6. The number of thioether (sulfide) groups is 1. The predicted molar refractivity (Wildman–Crippen MR) is 127 cm³/mol. The number of nitrogens with zero attached hydrogens (tertiary/aromatic N) is 3. The molecule has 1 aliphatic heterocycles. The highest BCUT2D eigenvalue weighted by atomic mass is 32.2. The summed E-state index contributed by atoms with van der Waals surface area (Å²) in [7, 11) is 0. The normalized spacial score (nSPS) is 17.6. The molecule has 0 spiro atoms. The molecule has 3 aromatic heterocycles. The summed E-state index contributed by atoms with van der Waals surface area (Å²) < 4.78 is 7.87. The number of anilines is 1. The molecule has 3 N–H and O–H groups in total. The molecule has 8 nitrogen and oxygen atoms in total. The smallest absolute Gasteiger partial charge is 0.251 e. The van der Waals surface area contributed by atoms with Crippen molar-refractivity contribution in [1.82, 2.24) is 14.8 Å². The molecule has 2 amide bonds. The second kappa shape index (κ2) is 9.34. The van der Waals surface area contributed by atoms with E-state index in [0.717, 1.165) is 59.9 Å². The van der Waals surface area contributed by atoms with E-state index >= 15 is 0 Å². The number of aryl methyl sites for hydroxylation is 1. The van der Waals surface area contributed by atoms with Crippen LogP contribution in [0.3, 0.4) is 0 Å². The molecule has 5 rings (SSSR count). The molecule has 11 heteroatoms. The molecule has 168 valence electrons. The molecule has 1 fully saturated rings. The summed E-state index contributed by atoms with van der Waals surface area (Å²) in [6.07, 6.45) is 4.99. The Balaban J connectivity index is 1.30. The van der Waals surface area contributed by atoms with Crippen molar-refractivity contribution < 1.29 is 14.3 Å². The average molecular weight is 490 g/mol. The fraction of sp³-hybridized carbons (Fsp3) is 0.429. The van der Waals surface area contributed by atoms with Gasteiger partial charge in [-0.1, -0.05) is 17.8 Å². The fourth-order valence-electron chi connectivity index (χ4n) is 4.19. The zero-order chi connectivity index (χ0) is 22.1. The third-order valence-electron chi connectivity index (χ3n) is 5.62. The number of nitrogens with one attached hydrogen (secondary N) is 1. The van der Waals surface area contributed by atoms with Gasteiger partial charge in [-0.3, -0.25) is 14.2 Å². The van der Waals surface area contributed by atoms with Crippen molar-refractivity contribution in [2.75, 3.05) is 17.7 Å². The van der Waals surface area contributed by atoms with Crippen LogP contribution in [-0.2, 0) is 28.9 Å². The SMILES string of the molecule is NC(=O)c1c(NC(=O)CSc2nnc(-c3cccs3)n2C[C@H]2CCCO2)sc2c1CCC2. The van der Waals surface area contributed by atoms with Crippen molar-refractivity contribution in [3.63, 3.8) is 0 Å². The Morgan fingerprint density at radius 1 is 1.31 bits per heavy atom. The Kier molecular flexibility index (Phi) is 6.31. The predicted octanol–water partition coefficient (Wildman–Crippen LogP) is 3.57. The van der Waals surface area contributed by atoms with Gasteiger partial charge >= 0.3 is 0 Å². The topological polar surface area (TPSA) is 112 Å². The van der Waals surface area contributed by atoms with Gasteiger partial charge in [0.15, 0.2) is 11.0 Å². The molecule has 32 heavy (non-hydrogen) atoms. The van der Waals surface area contributed by atoms with Crippen molar-refractivity contribution in [2.24, 2.45) is 5.73 Å². The number of carbonyl (C=O) groups excluding carboxylic acids is 2. The minimum Gasteiger partial charge on any atom is -0.376 e. The van der Waals surface area contributed by atoms with Gasteiger partial charge in [0, 0.05) is 11.5 Å². The Labute approximate surface area is 197 Å². The van der Waals surface area contributed by atoms with Crippen LogP contribution in [0, 0.1) is 0 Å². The van der Waals surface area contributed by atoms with Crippen LogP contribution in [0.25, 0.3) is 10.7 Å². The monoisotopic (exact) mass is 489 g/mol. The van der Waals surface area contributed by atoms with E-state index in [1.807, 2.05) is 22.1 Å². The van der Waals surface area contributed by atoms with Gasteiger partial charge in [-0.15, -0.1) is 32.9 Å². The molecule has 1 atom stereocenters. The lowest BCUT2D eigenvalue weighted by Crippen LogP contribution is -2.20. The van der Waals surface area contributed by atoms with E-state index in [-0.39, 0.29) is 17.8 Å². The number of nitrogens with two attached hydrogens (primary N) is 1. The van der Waals surface area contributed by atoms with E-state index in [1.165, 1.54) is 23.1 Å². The quantitative estimate of drug-likeness (QED) is 0.468. The van der Waals surface area contributed by atoms with Crippen LogP contribution in [0.5, 0.6) is 0 Å². The van der Waals surface area contributed by atoms with Gasteiger partial charge in [0.2, 0.25) is 5.91 Å². The summed E-state index contributed by atoms with van der Waals surface area (Å²) >= 11 is 4.41. The zero-order valence-electron chi connectivity index (χ0n) is 17.3. The van der Waals surface area contributed by atoms with Gasteiger partial charge in [0.1, 0.15) is 5.00 Å². The van der Waals surface area contributed by atoms with Crippen molar-refractivity contribution in [3.05, 3.63) is 33.5 Å². The van der Waals surface area contributed by atoms with Crippen LogP contribution in [0.2, 0.25) is 0 Å². The highest BCUT2D eigenvalue weighted by Crippen LogP contribution is 2.39. The lowest BCUT2D eigenvalue weighted by Gasteiger charge is -2.14. The zero-order valence-corrected chi connectivity index (χ0v) is 19.8. The highest BCUT2D eigenvalue weighted by Gasteiger charge is 2.27. The van der Waals surface area contributed by atoms with Gasteiger partial charge in [0.05, 0.1) is 28.8 Å². The third kappa shape index (κ3) is 4.34. The summed E-state index contributed by atoms with van der Waals surface area (Å²) in [5, 5.41) is 14.9. The summed E-state index contributed by atoms with van der Waals surface area (Å²) in [5.41, 5.74) is 7.07. The lowest BCUT2D eigenvalue weighted by atomic mass is 10.1. The number of hydrogen-bond donors (Lipinski definition) is 2. The molecule has 0 aromatic carbocycles. The Morgan fingerprint density at radius 2 is 2.22 bits per heavy atom. The maximum atomic E-state index is 12.7. The van der Waals surface area contributed by atoms with Crippen LogP contribution in [-0.4, -0.2) is 45.0 Å². The Bertz CT molecular complexity index is 1130. The van der Waals surface area contributed by atoms with Gasteiger partial charge in [-0.05, 0) is 49.1 Å². The number of fused-ring (bicyclic) bond motifs is 1. The van der Waals surface area contributed by atoms with Crippen molar-refractivity contribution in [3.8, 4) is 10.7 Å². The summed E-state index contributed by atoms with van der Waals surface area (Å²) in [4.78, 5) is 26.9. The van der Waals surface area contributed by atoms with E-state index in [2.05, 4.69) is 15.5 Å². The number of aromatic nitrogens is 3. The number of thiophene rings is 2. The fourth-order valence-corrected chi connectivity index (χ4v) is 6.96. The molecule has 0 bridgehead atoms. The standard InChI is InChI=1S/C21H23N5O3S3/c22-18(28)17-13-5-1-6-14(13)32-20(17)23-16(27)11-31-21-25-24-19(15-7-3-9-30-15)26(21)10-12-4-2-8-29-12/h3,7,9,12H,1-2,4-6,8,10-11H2,(H2,22,28)(H,23,27)/t12-/m1/s1. The Hall–Kier alpha value is -2.21. The van der Waals surface area contributed by atoms with Crippen LogP contribution in [0.4, 0.5) is 5.00 Å². The van der Waals surface area contributed by atoms with Crippen LogP contribution < -0.4 is 11.1 Å². The minimum absolute atomic E-state index is 0.129. The molecule has 0 radical (unpaired) electrons. The van der Waals surface area contributed by atoms with E-state index < -0.39 is 5.91 Å². The van der Waals surface area contributed by atoms with Crippen molar-refractivity contribution in [1.29, 1.82) is 0 Å². The third-order valence-corrected chi connectivity index (χ3v) is 8.66. The largest absolute Gasteiger partial charge is 0.376 e. The van der Waals surface area contributed by atoms with Gasteiger partial charge < -0.3 is 15.8 Å². The minimum atomic E-state index is -0.482. The van der Waals surface area contributed by atoms with Crippen LogP contribution in [0.15, 0.2) is 22.7 Å². The molecular weight excluding hydrogens is 466 g/mol. The number of hydrogen-bond acceptors (Lipinski definition) is 8. The summed E-state index contributed by atoms with van der Waals surface area (Å²) in [6, 6.07) is 4.00. The van der Waals surface area contributed by atoms with E-state index in [4.69, 9.17) is 10.5 Å². The maximum absolute atomic E-state index is 12.7. The number of rotatable bonds is 8. The maximum Gasteiger partial charge on any atom is 0.251 e. The van der Waals surface area contributed by atoms with Crippen LogP contribution in [0.1, 0.15) is 40.1 Å². The highest BCUT2D eigenvalue weighted by molar-refractivity contribution is 7.99. The van der Waals surface area contributed by atoms with Gasteiger partial charge in [0.25, 0.3) is 5.91 Å². The first kappa shape index (κ1) is 21.6. The molecule has 2 aliphatic rings. The molecule has 4 heterocycles. The molecule has 0 unspecified atom stereocenters. The molecule has 1 saturated heterocycles. The van der Waals surface area contributed by atoms with Crippen molar-refractivity contribution >= 4 is 51.3 Å². The van der Waals surface area contributed by atoms with E-state index in [1.54, 1.807) is 11.3 Å². The average Bonchev–Trinajstić information content (AvgIpc) is 3.55. The van der Waals surface area contributed by atoms with Gasteiger partial charge in [-0.2, -0.15) is 0 Å². The second-order valence-corrected chi connectivity index (χ2v) is 10.8. The molecular formula is C21H23N5O3S3. The summed E-state index contributed by atoms with van der Waals surface area (Å²) in [5.74, 6) is 0.282. The number of ether oxygens (including phenoxy) is 1. The van der Waals surface area contributed by atoms with E-state index in [9.17, 15) is 9.59 Å². The van der Waals surface area contributed by atoms with E-state index in [0.29, 0.717) is 22.3 Å². The lowest BCUT2D eigenvalue weighted by molar-refractivity contribution is -0.113. The summed E-state index contributed by atoms with van der Waals surface area (Å²) in [6.45, 7) is 1.44. The first-order chi connectivity index (χ1) is 15.6. The molecule has 3 aromatic rings. The molecule has 1 aliphatic carbocycles. The number of primary amides is 1. The second-order valence-electron chi connectivity index (χ2n) is 7.79. The number of carbonyl (C=O) groups is 2. The number of amides is 2. The van der Waals surface area contributed by atoms with Crippen molar-refractivity contribution in [2.45, 2.75) is 49.9 Å².